The minimum absolute atomic E-state index is 0.640. The van der Waals surface area contributed by atoms with Gasteiger partial charge in [-0.3, -0.25) is 0 Å². The van der Waals surface area contributed by atoms with Gasteiger partial charge in [0.05, 0.1) is 0 Å². The molecule has 0 aromatic rings. The number of unbranched alkanes of at least 4 members (excludes halogenated alkanes) is 1. The Kier molecular flexibility index (Phi) is 6.14. The third-order valence-corrected chi connectivity index (χ3v) is 1.29. The lowest BCUT2D eigenvalue weighted by atomic mass is 10.2. The van der Waals surface area contributed by atoms with E-state index in [4.69, 9.17) is 0 Å². The Morgan fingerprint density at radius 3 is 2.80 bits per heavy atom. The largest absolute Gasteiger partial charge is 0.243 e. The first-order valence-corrected chi connectivity index (χ1v) is 3.74. The Morgan fingerprint density at radius 2 is 2.30 bits per heavy atom. The van der Waals surface area contributed by atoms with Crippen LogP contribution in [0.2, 0.25) is 0 Å². The molecule has 0 amide bonds. The molecule has 0 aliphatic rings. The van der Waals surface area contributed by atoms with Crippen LogP contribution in [-0.4, -0.2) is 6.17 Å². The molecule has 0 aliphatic carbocycles. The molecule has 0 nitrogen and oxygen atoms in total. The molecule has 0 radical (unpaired) electrons. The average Bonchev–Trinajstić information content (AvgIpc) is 1.97. The first-order valence-electron chi connectivity index (χ1n) is 3.74. The van der Waals surface area contributed by atoms with E-state index in [0.717, 1.165) is 12.8 Å². The van der Waals surface area contributed by atoms with Crippen LogP contribution in [0.25, 0.3) is 0 Å². The van der Waals surface area contributed by atoms with Crippen molar-refractivity contribution in [2.45, 2.75) is 32.4 Å². The van der Waals surface area contributed by atoms with Gasteiger partial charge in [0.1, 0.15) is 6.17 Å². The van der Waals surface area contributed by atoms with E-state index in [1.807, 2.05) is 0 Å². The molecule has 0 aromatic heterocycles. The number of alkyl halides is 1. The first-order chi connectivity index (χ1) is 4.81. The normalized spacial score (nSPS) is 13.8. The Labute approximate surface area is 62.4 Å². The summed E-state index contributed by atoms with van der Waals surface area (Å²) in [6.45, 7) is 5.52. The summed E-state index contributed by atoms with van der Waals surface area (Å²) >= 11 is 0. The topological polar surface area (TPSA) is 0 Å². The highest BCUT2D eigenvalue weighted by molar-refractivity contribution is 5.00. The highest BCUT2D eigenvalue weighted by Gasteiger charge is 1.97. The predicted molar refractivity (Wildman–Crippen MR) is 43.8 cm³/mol. The Balaban J connectivity index is 3.32. The van der Waals surface area contributed by atoms with Crippen LogP contribution in [0.1, 0.15) is 26.2 Å². The van der Waals surface area contributed by atoms with Gasteiger partial charge >= 0.3 is 0 Å². The van der Waals surface area contributed by atoms with Crippen LogP contribution in [0.15, 0.2) is 24.8 Å². The van der Waals surface area contributed by atoms with Crippen molar-refractivity contribution in [1.29, 1.82) is 0 Å². The van der Waals surface area contributed by atoms with Crippen LogP contribution in [0.4, 0.5) is 4.39 Å². The highest BCUT2D eigenvalue weighted by Crippen LogP contribution is 2.05. The molecule has 1 heteroatoms. The van der Waals surface area contributed by atoms with Gasteiger partial charge in [-0.05, 0) is 6.42 Å². The van der Waals surface area contributed by atoms with Crippen molar-refractivity contribution in [1.82, 2.24) is 0 Å². The van der Waals surface area contributed by atoms with E-state index in [0.29, 0.717) is 6.42 Å². The van der Waals surface area contributed by atoms with Crippen molar-refractivity contribution < 1.29 is 4.39 Å². The molecule has 0 aromatic carbocycles. The zero-order valence-corrected chi connectivity index (χ0v) is 6.52. The van der Waals surface area contributed by atoms with Crippen LogP contribution in [0.3, 0.4) is 0 Å². The molecule has 0 saturated heterocycles. The zero-order valence-electron chi connectivity index (χ0n) is 6.52. The summed E-state index contributed by atoms with van der Waals surface area (Å²) in [7, 11) is 0. The lowest BCUT2D eigenvalue weighted by molar-refractivity contribution is 0.369. The van der Waals surface area contributed by atoms with Gasteiger partial charge in [0.2, 0.25) is 0 Å². The molecule has 0 aliphatic heterocycles. The summed E-state index contributed by atoms with van der Waals surface area (Å²) in [5.74, 6) is 0. The van der Waals surface area contributed by atoms with Gasteiger partial charge in [0.25, 0.3) is 0 Å². The molecule has 0 N–H and O–H groups in total. The monoisotopic (exact) mass is 142 g/mol. The maximum atomic E-state index is 12.6. The van der Waals surface area contributed by atoms with Gasteiger partial charge in [0, 0.05) is 0 Å². The lowest BCUT2D eigenvalue weighted by Gasteiger charge is -1.98. The Morgan fingerprint density at radius 1 is 1.60 bits per heavy atom. The number of rotatable bonds is 5. The predicted octanol–water partition coefficient (Wildman–Crippen LogP) is 3.26. The fraction of sp³-hybridized carbons (Fsp3) is 0.556. The fourth-order valence-electron chi connectivity index (χ4n) is 0.694. The van der Waals surface area contributed by atoms with Crippen LogP contribution in [0, 0.1) is 0 Å². The molecular formula is C9H15F. The first kappa shape index (κ1) is 9.41. The lowest BCUT2D eigenvalue weighted by Crippen LogP contribution is -1.93. The second kappa shape index (κ2) is 6.53. The van der Waals surface area contributed by atoms with Gasteiger partial charge in [-0.25, -0.2) is 4.39 Å². The smallest absolute Gasteiger partial charge is 0.119 e. The van der Waals surface area contributed by atoms with Gasteiger partial charge in [-0.1, -0.05) is 44.6 Å². The van der Waals surface area contributed by atoms with Crippen molar-refractivity contribution >= 4 is 0 Å². The van der Waals surface area contributed by atoms with Crippen LogP contribution < -0.4 is 0 Å². The summed E-state index contributed by atoms with van der Waals surface area (Å²) in [5.41, 5.74) is 0. The molecule has 0 saturated carbocycles. The van der Waals surface area contributed by atoms with Crippen molar-refractivity contribution in [2.24, 2.45) is 0 Å². The third-order valence-electron chi connectivity index (χ3n) is 1.29. The third kappa shape index (κ3) is 5.54. The Hall–Kier alpha value is -0.590. The van der Waals surface area contributed by atoms with E-state index in [1.165, 1.54) is 0 Å². The summed E-state index contributed by atoms with van der Waals surface area (Å²) in [5, 5.41) is 0. The fourth-order valence-corrected chi connectivity index (χ4v) is 0.694. The van der Waals surface area contributed by atoms with E-state index in [9.17, 15) is 4.39 Å². The minimum atomic E-state index is -0.780. The average molecular weight is 142 g/mol. The van der Waals surface area contributed by atoms with E-state index in [1.54, 1.807) is 18.2 Å². The second-order valence-electron chi connectivity index (χ2n) is 2.28. The van der Waals surface area contributed by atoms with E-state index in [2.05, 4.69) is 13.5 Å². The van der Waals surface area contributed by atoms with Gasteiger partial charge < -0.3 is 0 Å². The van der Waals surface area contributed by atoms with Crippen LogP contribution >= 0.6 is 0 Å². The molecule has 58 valence electrons. The maximum Gasteiger partial charge on any atom is 0.119 e. The highest BCUT2D eigenvalue weighted by atomic mass is 19.1. The number of hydrogen-bond donors (Lipinski definition) is 0. The Bertz CT molecular complexity index is 105. The zero-order chi connectivity index (χ0) is 7.82. The molecule has 0 unspecified atom stereocenters. The maximum absolute atomic E-state index is 12.6. The van der Waals surface area contributed by atoms with Crippen LogP contribution in [-0.2, 0) is 0 Å². The summed E-state index contributed by atoms with van der Waals surface area (Å²) in [4.78, 5) is 0. The number of halogens is 1. The van der Waals surface area contributed by atoms with Gasteiger partial charge in [0.15, 0.2) is 0 Å². The molecule has 1 atom stereocenters. The molecule has 0 fully saturated rings. The van der Waals surface area contributed by atoms with E-state index in [-0.39, 0.29) is 0 Å². The van der Waals surface area contributed by atoms with Crippen LogP contribution in [0.5, 0.6) is 0 Å². The molecule has 0 bridgehead atoms. The molecule has 0 heterocycles. The SMILES string of the molecule is C=C/C=C\[C@H](F)CCCC. The summed E-state index contributed by atoms with van der Waals surface area (Å²) in [6.07, 6.45) is 6.67. The van der Waals surface area contributed by atoms with Gasteiger partial charge in [-0.2, -0.15) is 0 Å². The number of allylic oxidation sites excluding steroid dienone is 3. The second-order valence-corrected chi connectivity index (χ2v) is 2.28. The standard InChI is InChI=1S/C9H15F/c1-3-5-7-9(10)8-6-4-2/h3,5,7,9H,1,4,6,8H2,2H3/b7-5-/t9-/m0/s1. The van der Waals surface area contributed by atoms with E-state index >= 15 is 0 Å². The minimum Gasteiger partial charge on any atom is -0.243 e. The molecular weight excluding hydrogens is 127 g/mol. The number of hydrogen-bond acceptors (Lipinski definition) is 0. The molecule has 0 rings (SSSR count). The van der Waals surface area contributed by atoms with Crippen molar-refractivity contribution in [3.8, 4) is 0 Å². The summed E-state index contributed by atoms with van der Waals surface area (Å²) in [6, 6.07) is 0. The van der Waals surface area contributed by atoms with Crippen molar-refractivity contribution in [3.63, 3.8) is 0 Å². The van der Waals surface area contributed by atoms with E-state index < -0.39 is 6.17 Å². The quantitative estimate of drug-likeness (QED) is 0.517. The van der Waals surface area contributed by atoms with Gasteiger partial charge in [-0.15, -0.1) is 0 Å². The van der Waals surface area contributed by atoms with Crippen molar-refractivity contribution in [3.05, 3.63) is 24.8 Å². The van der Waals surface area contributed by atoms with Crippen molar-refractivity contribution in [2.75, 3.05) is 0 Å². The molecule has 10 heavy (non-hydrogen) atoms. The summed E-state index contributed by atoms with van der Waals surface area (Å²) < 4.78 is 12.6. The molecule has 0 spiro atoms.